The molecule has 45 heavy (non-hydrogen) atoms. The van der Waals surface area contributed by atoms with Crippen molar-refractivity contribution in [1.82, 2.24) is 5.32 Å². The average molecular weight is 613 g/mol. The lowest BCUT2D eigenvalue weighted by Gasteiger charge is -2.39. The largest absolute Gasteiger partial charge is 0.468 e. The zero-order valence-corrected chi connectivity index (χ0v) is 25.7. The maximum Gasteiger partial charge on any atom is 0.323 e. The van der Waals surface area contributed by atoms with Crippen molar-refractivity contribution in [2.24, 2.45) is 0 Å². The van der Waals surface area contributed by atoms with Gasteiger partial charge in [0.1, 0.15) is 6.04 Å². The summed E-state index contributed by atoms with van der Waals surface area (Å²) in [7, 11) is 1.42. The van der Waals surface area contributed by atoms with Crippen molar-refractivity contribution in [1.29, 1.82) is 0 Å². The molecule has 1 atom stereocenters. The predicted octanol–water partition coefficient (Wildman–Crippen LogP) is 7.72. The third kappa shape index (κ3) is 4.93. The Bertz CT molecular complexity index is 1740. The van der Waals surface area contributed by atoms with Crippen LogP contribution in [0, 0.1) is 0 Å². The van der Waals surface area contributed by atoms with Crippen molar-refractivity contribution < 1.29 is 14.3 Å². The first-order chi connectivity index (χ1) is 22.0. The van der Waals surface area contributed by atoms with Gasteiger partial charge in [-0.3, -0.25) is 19.8 Å². The number of anilines is 2. The minimum atomic E-state index is -0.844. The van der Waals surface area contributed by atoms with E-state index in [0.29, 0.717) is 11.4 Å². The van der Waals surface area contributed by atoms with Gasteiger partial charge >= 0.3 is 5.97 Å². The highest BCUT2D eigenvalue weighted by Gasteiger charge is 2.60. The van der Waals surface area contributed by atoms with Gasteiger partial charge in [0.05, 0.1) is 28.8 Å². The van der Waals surface area contributed by atoms with Crippen LogP contribution in [-0.2, 0) is 31.7 Å². The minimum absolute atomic E-state index is 0.0748. The molecule has 0 aromatic heterocycles. The molecule has 1 aliphatic heterocycles. The molecule has 1 aliphatic carbocycles. The number of para-hydroxylation sites is 1. The van der Waals surface area contributed by atoms with Crippen molar-refractivity contribution in [2.75, 3.05) is 12.0 Å². The van der Waals surface area contributed by atoms with E-state index in [9.17, 15) is 9.59 Å². The monoisotopic (exact) mass is 612 g/mol. The number of hydrogen-bond acceptors (Lipinski definition) is 4. The zero-order valence-electron chi connectivity index (χ0n) is 25.0. The van der Waals surface area contributed by atoms with Crippen LogP contribution < -0.4 is 10.2 Å². The quantitative estimate of drug-likeness (QED) is 0.137. The third-order valence-electron chi connectivity index (χ3n) is 9.22. The Hall–Kier alpha value is -4.71. The summed E-state index contributed by atoms with van der Waals surface area (Å²) in [6.07, 6.45) is 2.05. The van der Waals surface area contributed by atoms with Gasteiger partial charge < -0.3 is 4.74 Å². The van der Waals surface area contributed by atoms with E-state index in [2.05, 4.69) is 41.7 Å². The van der Waals surface area contributed by atoms with Gasteiger partial charge in [0, 0.05) is 5.69 Å². The number of esters is 1. The van der Waals surface area contributed by atoms with Gasteiger partial charge in [-0.1, -0.05) is 127 Å². The summed E-state index contributed by atoms with van der Waals surface area (Å²) in [6, 6.07) is 43.5. The number of carbonyl (C=O) groups excluding carboxylic acids is 2. The van der Waals surface area contributed by atoms with Crippen molar-refractivity contribution in [3.05, 3.63) is 166 Å². The molecule has 1 spiro atoms. The summed E-state index contributed by atoms with van der Waals surface area (Å²) in [5.74, 6) is -0.289. The van der Waals surface area contributed by atoms with Crippen LogP contribution in [0.2, 0.25) is 5.02 Å². The molecule has 0 unspecified atom stereocenters. The van der Waals surface area contributed by atoms with Gasteiger partial charge in [-0.05, 0) is 65.3 Å². The number of nitrogens with zero attached hydrogens (tertiary/aromatic N) is 1. The summed E-state index contributed by atoms with van der Waals surface area (Å²) < 4.78 is 5.37. The second-order valence-electron chi connectivity index (χ2n) is 11.8. The van der Waals surface area contributed by atoms with E-state index in [-0.39, 0.29) is 11.9 Å². The molecule has 5 aromatic carbocycles. The highest BCUT2D eigenvalue weighted by atomic mass is 35.5. The number of benzene rings is 5. The van der Waals surface area contributed by atoms with E-state index in [1.54, 1.807) is 4.90 Å². The van der Waals surface area contributed by atoms with Crippen molar-refractivity contribution >= 4 is 34.9 Å². The Morgan fingerprint density at radius 3 is 1.82 bits per heavy atom. The average Bonchev–Trinajstić information content (AvgIpc) is 3.86. The third-order valence-corrected chi connectivity index (χ3v) is 9.52. The Morgan fingerprint density at radius 1 is 0.800 bits per heavy atom. The van der Waals surface area contributed by atoms with Gasteiger partial charge in [0.2, 0.25) is 5.91 Å². The summed E-state index contributed by atoms with van der Waals surface area (Å²) in [5, 5.41) is 4.35. The first kappa shape index (κ1) is 29.0. The number of fused-ring (bicyclic) bond motifs is 2. The van der Waals surface area contributed by atoms with Gasteiger partial charge in [-0.2, -0.15) is 0 Å². The molecule has 1 saturated carbocycles. The van der Waals surface area contributed by atoms with Crippen LogP contribution in [0.3, 0.4) is 0 Å². The molecule has 5 nitrogen and oxygen atoms in total. The summed E-state index contributed by atoms with van der Waals surface area (Å²) in [5.41, 5.74) is 5.20. The molecular weight excluding hydrogens is 580 g/mol. The highest BCUT2D eigenvalue weighted by Crippen LogP contribution is 2.60. The molecule has 6 heteroatoms. The standard InChI is InChI=1S/C39H33ClN2O3/c1-45-36(43)34(41-39(28-12-5-2-6-13-28,29-14-7-3-8-15-29)30-16-9-4-10-17-30)26-27-20-22-31(23-21-27)42-35-32(18-11-19-33(35)40)38(24-25-38)37(42)44/h2-23,34,41H,24-26H2,1H3/t34-/m0/s1. The number of ether oxygens (including phenoxy) is 1. The van der Waals surface area contributed by atoms with Crippen LogP contribution in [0.25, 0.3) is 0 Å². The molecule has 0 bridgehead atoms. The lowest BCUT2D eigenvalue weighted by molar-refractivity contribution is -0.143. The maximum absolute atomic E-state index is 13.6. The van der Waals surface area contributed by atoms with Gasteiger partial charge in [0.25, 0.3) is 0 Å². The van der Waals surface area contributed by atoms with E-state index in [4.69, 9.17) is 16.3 Å². The number of methoxy groups -OCH3 is 1. The van der Waals surface area contributed by atoms with Crippen molar-refractivity contribution in [2.45, 2.75) is 36.3 Å². The lowest BCUT2D eigenvalue weighted by Crippen LogP contribution is -2.53. The molecule has 1 heterocycles. The van der Waals surface area contributed by atoms with E-state index in [0.717, 1.165) is 52.0 Å². The molecule has 2 aliphatic rings. The topological polar surface area (TPSA) is 58.6 Å². The van der Waals surface area contributed by atoms with Gasteiger partial charge in [-0.25, -0.2) is 0 Å². The molecule has 5 aromatic rings. The minimum Gasteiger partial charge on any atom is -0.468 e. The van der Waals surface area contributed by atoms with Crippen molar-refractivity contribution in [3.63, 3.8) is 0 Å². The summed E-state index contributed by atoms with van der Waals surface area (Å²) in [4.78, 5) is 28.9. The molecule has 7 rings (SSSR count). The smallest absolute Gasteiger partial charge is 0.323 e. The van der Waals surface area contributed by atoms with Crippen LogP contribution in [0.4, 0.5) is 11.4 Å². The van der Waals surface area contributed by atoms with E-state index >= 15 is 0 Å². The van der Waals surface area contributed by atoms with Gasteiger partial charge in [0.15, 0.2) is 0 Å². The van der Waals surface area contributed by atoms with E-state index in [1.807, 2.05) is 97.1 Å². The molecule has 1 fully saturated rings. The van der Waals surface area contributed by atoms with Crippen LogP contribution in [0.15, 0.2) is 133 Å². The normalized spacial score (nSPS) is 15.5. The van der Waals surface area contributed by atoms with Crippen molar-refractivity contribution in [3.8, 4) is 0 Å². The fraction of sp³-hybridized carbons (Fsp3) is 0.179. The fourth-order valence-electron chi connectivity index (χ4n) is 6.84. The number of amides is 1. The Kier molecular flexibility index (Phi) is 7.52. The fourth-order valence-corrected chi connectivity index (χ4v) is 7.10. The highest BCUT2D eigenvalue weighted by molar-refractivity contribution is 6.35. The number of nitrogens with one attached hydrogen (secondary N) is 1. The van der Waals surface area contributed by atoms with Crippen LogP contribution in [-0.4, -0.2) is 25.0 Å². The summed E-state index contributed by atoms with van der Waals surface area (Å²) >= 11 is 6.65. The molecular formula is C39H33ClN2O3. The van der Waals surface area contributed by atoms with Crippen LogP contribution >= 0.6 is 11.6 Å². The SMILES string of the molecule is COC(=O)[C@H](Cc1ccc(N2C(=O)C3(CC3)c3cccc(Cl)c32)cc1)NC(c1ccccc1)(c1ccccc1)c1ccccc1. The molecule has 0 radical (unpaired) electrons. The number of halogens is 1. The Balaban J connectivity index is 1.26. The number of carbonyl (C=O) groups is 2. The molecule has 1 amide bonds. The first-order valence-electron chi connectivity index (χ1n) is 15.2. The number of rotatable bonds is 9. The van der Waals surface area contributed by atoms with Crippen LogP contribution in [0.5, 0.6) is 0 Å². The molecule has 224 valence electrons. The zero-order chi connectivity index (χ0) is 31.0. The summed E-state index contributed by atoms with van der Waals surface area (Å²) in [6.45, 7) is 0. The molecule has 1 N–H and O–H groups in total. The van der Waals surface area contributed by atoms with Gasteiger partial charge in [-0.15, -0.1) is 0 Å². The first-order valence-corrected chi connectivity index (χ1v) is 15.6. The number of hydrogen-bond donors (Lipinski definition) is 1. The second kappa shape index (κ2) is 11.7. The molecule has 0 saturated heterocycles. The van der Waals surface area contributed by atoms with E-state index < -0.39 is 17.0 Å². The Morgan fingerprint density at radius 2 is 1.33 bits per heavy atom. The van der Waals surface area contributed by atoms with E-state index in [1.165, 1.54) is 7.11 Å². The van der Waals surface area contributed by atoms with Crippen LogP contribution in [0.1, 0.15) is 40.7 Å². The maximum atomic E-state index is 13.6. The predicted molar refractivity (Wildman–Crippen MR) is 178 cm³/mol. The second-order valence-corrected chi connectivity index (χ2v) is 12.2. The Labute approximate surface area is 268 Å². The lowest BCUT2D eigenvalue weighted by atomic mass is 9.76.